The highest BCUT2D eigenvalue weighted by Gasteiger charge is 2.37. The molecule has 11 heavy (non-hydrogen) atoms. The Hall–Kier alpha value is -0.570. The van der Waals surface area contributed by atoms with Crippen LogP contribution in [0.4, 0.5) is 0 Å². The molecule has 0 spiro atoms. The van der Waals surface area contributed by atoms with Gasteiger partial charge in [-0.3, -0.25) is 9.59 Å². The largest absolute Gasteiger partial charge is 0.453 e. The topological polar surface area (TPSA) is 43.4 Å². The molecule has 62 valence electrons. The van der Waals surface area contributed by atoms with Crippen LogP contribution in [-0.2, 0) is 14.3 Å². The molecule has 1 atom stereocenters. The fraction of sp³-hybridized carbons (Fsp3) is 0.714. The molecular weight excluding hydrogens is 168 g/mol. The van der Waals surface area contributed by atoms with Crippen LogP contribution in [0.15, 0.2) is 0 Å². The average molecular weight is 177 g/mol. The lowest BCUT2D eigenvalue weighted by Crippen LogP contribution is -2.24. The first-order valence-electron chi connectivity index (χ1n) is 3.48. The molecule has 1 aliphatic carbocycles. The number of esters is 1. The zero-order valence-corrected chi connectivity index (χ0v) is 6.93. The number of ether oxygens (including phenoxy) is 1. The van der Waals surface area contributed by atoms with E-state index in [1.165, 1.54) is 6.92 Å². The van der Waals surface area contributed by atoms with E-state index in [2.05, 4.69) is 0 Å². The lowest BCUT2D eigenvalue weighted by atomic mass is 10.2. The minimum atomic E-state index is -0.700. The molecule has 1 saturated carbocycles. The molecule has 1 rings (SSSR count). The van der Waals surface area contributed by atoms with Crippen LogP contribution in [0.2, 0.25) is 0 Å². The second-order valence-electron chi connectivity index (χ2n) is 2.67. The number of hydrogen-bond donors (Lipinski definition) is 0. The van der Waals surface area contributed by atoms with Crippen molar-refractivity contribution in [1.29, 1.82) is 0 Å². The molecule has 0 aliphatic heterocycles. The lowest BCUT2D eigenvalue weighted by Gasteiger charge is -2.10. The van der Waals surface area contributed by atoms with Crippen molar-refractivity contribution in [2.45, 2.75) is 25.9 Å². The van der Waals surface area contributed by atoms with Gasteiger partial charge in [-0.25, -0.2) is 0 Å². The molecule has 0 heterocycles. The zero-order valence-electron chi connectivity index (χ0n) is 6.17. The molecule has 0 saturated heterocycles. The molecule has 0 aromatic heterocycles. The maximum absolute atomic E-state index is 10.6. The number of hydrogen-bond acceptors (Lipinski definition) is 3. The monoisotopic (exact) mass is 176 g/mol. The van der Waals surface area contributed by atoms with E-state index >= 15 is 0 Å². The van der Waals surface area contributed by atoms with E-state index in [9.17, 15) is 9.59 Å². The normalized spacial score (nSPS) is 19.1. The number of halogens is 1. The summed E-state index contributed by atoms with van der Waals surface area (Å²) in [5.74, 6) is -0.278. The van der Waals surface area contributed by atoms with Crippen molar-refractivity contribution in [2.24, 2.45) is 5.92 Å². The fourth-order valence-electron chi connectivity index (χ4n) is 0.906. The van der Waals surface area contributed by atoms with Gasteiger partial charge < -0.3 is 4.74 Å². The number of carbonyl (C=O) groups is 2. The SMILES string of the molecule is CC(=O)OC(C(=O)Cl)C1CC1. The Balaban J connectivity index is 2.45. The highest BCUT2D eigenvalue weighted by Crippen LogP contribution is 2.35. The summed E-state index contributed by atoms with van der Waals surface area (Å²) in [5.41, 5.74) is 0. The summed E-state index contributed by atoms with van der Waals surface area (Å²) in [6.45, 7) is 1.27. The summed E-state index contributed by atoms with van der Waals surface area (Å²) in [6.07, 6.45) is 1.15. The van der Waals surface area contributed by atoms with Crippen LogP contribution in [0.3, 0.4) is 0 Å². The van der Waals surface area contributed by atoms with Gasteiger partial charge >= 0.3 is 5.97 Å². The van der Waals surface area contributed by atoms with E-state index in [1.807, 2.05) is 0 Å². The zero-order chi connectivity index (χ0) is 8.43. The molecular formula is C7H9ClO3. The van der Waals surface area contributed by atoms with Gasteiger partial charge in [0.15, 0.2) is 6.10 Å². The Morgan fingerprint density at radius 3 is 2.36 bits per heavy atom. The van der Waals surface area contributed by atoms with E-state index in [0.29, 0.717) is 0 Å². The predicted octanol–water partition coefficient (Wildman–Crippen LogP) is 1.09. The number of rotatable bonds is 3. The molecule has 0 aromatic rings. The van der Waals surface area contributed by atoms with E-state index in [1.54, 1.807) is 0 Å². The second-order valence-corrected chi connectivity index (χ2v) is 3.04. The van der Waals surface area contributed by atoms with Gasteiger partial charge in [0.2, 0.25) is 0 Å². The van der Waals surface area contributed by atoms with Gasteiger partial charge in [-0.05, 0) is 24.4 Å². The summed E-state index contributed by atoms with van der Waals surface area (Å²) >= 11 is 5.21. The van der Waals surface area contributed by atoms with Crippen LogP contribution in [0.5, 0.6) is 0 Å². The van der Waals surface area contributed by atoms with Crippen molar-refractivity contribution in [2.75, 3.05) is 0 Å². The van der Waals surface area contributed by atoms with Crippen LogP contribution < -0.4 is 0 Å². The van der Waals surface area contributed by atoms with Crippen molar-refractivity contribution in [3.05, 3.63) is 0 Å². The maximum atomic E-state index is 10.6. The molecule has 3 nitrogen and oxygen atoms in total. The first-order valence-corrected chi connectivity index (χ1v) is 3.85. The Bertz CT molecular complexity index is 186. The van der Waals surface area contributed by atoms with Crippen molar-refractivity contribution in [3.63, 3.8) is 0 Å². The molecule has 1 aliphatic rings. The van der Waals surface area contributed by atoms with Crippen molar-refractivity contribution in [1.82, 2.24) is 0 Å². The molecule has 1 fully saturated rings. The first kappa shape index (κ1) is 8.53. The Kier molecular flexibility index (Phi) is 2.49. The summed E-state index contributed by atoms with van der Waals surface area (Å²) in [7, 11) is 0. The summed E-state index contributed by atoms with van der Waals surface area (Å²) in [6, 6.07) is 0. The van der Waals surface area contributed by atoms with E-state index in [0.717, 1.165) is 12.8 Å². The van der Waals surface area contributed by atoms with Gasteiger partial charge in [0.05, 0.1) is 0 Å². The molecule has 1 unspecified atom stereocenters. The standard InChI is InChI=1S/C7H9ClO3/c1-4(9)11-6(7(8)10)5-2-3-5/h5-6H,2-3H2,1H3. The third-order valence-corrected chi connectivity index (χ3v) is 1.78. The Labute approximate surface area is 69.7 Å². The quantitative estimate of drug-likeness (QED) is 0.478. The van der Waals surface area contributed by atoms with E-state index in [-0.39, 0.29) is 5.92 Å². The third-order valence-electron chi connectivity index (χ3n) is 1.57. The maximum Gasteiger partial charge on any atom is 0.303 e. The molecule has 0 bridgehead atoms. The average Bonchev–Trinajstić information content (AvgIpc) is 2.63. The minimum absolute atomic E-state index is 0.170. The molecule has 0 radical (unpaired) electrons. The van der Waals surface area contributed by atoms with Crippen LogP contribution >= 0.6 is 11.6 Å². The van der Waals surface area contributed by atoms with Gasteiger partial charge in [-0.15, -0.1) is 0 Å². The van der Waals surface area contributed by atoms with Crippen molar-refractivity contribution in [3.8, 4) is 0 Å². The highest BCUT2D eigenvalue weighted by molar-refractivity contribution is 6.64. The summed E-state index contributed by atoms with van der Waals surface area (Å²) < 4.78 is 4.72. The Morgan fingerprint density at radius 2 is 2.09 bits per heavy atom. The predicted molar refractivity (Wildman–Crippen MR) is 39.1 cm³/mol. The Morgan fingerprint density at radius 1 is 1.55 bits per heavy atom. The highest BCUT2D eigenvalue weighted by atomic mass is 35.5. The third kappa shape index (κ3) is 2.50. The van der Waals surface area contributed by atoms with Gasteiger partial charge in [0.25, 0.3) is 5.24 Å². The fourth-order valence-corrected chi connectivity index (χ4v) is 1.13. The molecule has 0 aromatic carbocycles. The van der Waals surface area contributed by atoms with Crippen LogP contribution in [0.1, 0.15) is 19.8 Å². The molecule has 0 N–H and O–H groups in total. The van der Waals surface area contributed by atoms with Gasteiger partial charge in [0.1, 0.15) is 0 Å². The van der Waals surface area contributed by atoms with Gasteiger partial charge in [0, 0.05) is 12.8 Å². The summed E-state index contributed by atoms with van der Waals surface area (Å²) in [4.78, 5) is 21.1. The van der Waals surface area contributed by atoms with Crippen molar-refractivity contribution < 1.29 is 14.3 Å². The van der Waals surface area contributed by atoms with E-state index < -0.39 is 17.3 Å². The van der Waals surface area contributed by atoms with Crippen LogP contribution in [-0.4, -0.2) is 17.3 Å². The lowest BCUT2D eigenvalue weighted by molar-refractivity contribution is -0.151. The minimum Gasteiger partial charge on any atom is -0.453 e. The van der Waals surface area contributed by atoms with Crippen LogP contribution in [0.25, 0.3) is 0 Å². The van der Waals surface area contributed by atoms with E-state index in [4.69, 9.17) is 16.3 Å². The molecule has 4 heteroatoms. The first-order chi connectivity index (χ1) is 5.11. The van der Waals surface area contributed by atoms with Crippen molar-refractivity contribution >= 4 is 22.8 Å². The number of carbonyl (C=O) groups excluding carboxylic acids is 2. The van der Waals surface area contributed by atoms with Gasteiger partial charge in [-0.1, -0.05) is 0 Å². The smallest absolute Gasteiger partial charge is 0.303 e. The van der Waals surface area contributed by atoms with Crippen LogP contribution in [0, 0.1) is 5.92 Å². The summed E-state index contributed by atoms with van der Waals surface area (Å²) in [5, 5.41) is -0.567. The molecule has 0 amide bonds. The van der Waals surface area contributed by atoms with Gasteiger partial charge in [-0.2, -0.15) is 0 Å². The second kappa shape index (κ2) is 3.22.